The molecule has 0 aromatic heterocycles. The molecule has 0 amide bonds. The van der Waals surface area contributed by atoms with E-state index in [1.165, 1.54) is 0 Å². The molecule has 68 valence electrons. The molecule has 4 heteroatoms. The van der Waals surface area contributed by atoms with Crippen LogP contribution in [0.15, 0.2) is 0 Å². The first-order valence-corrected chi connectivity index (χ1v) is 3.99. The van der Waals surface area contributed by atoms with Gasteiger partial charge in [-0.15, -0.1) is 0 Å². The molecule has 4 nitrogen and oxygen atoms in total. The first-order valence-electron chi connectivity index (χ1n) is 3.99. The molecule has 1 aliphatic heterocycles. The minimum absolute atomic E-state index is 0.0446. The van der Waals surface area contributed by atoms with E-state index in [0.717, 1.165) is 6.42 Å². The van der Waals surface area contributed by atoms with Crippen molar-refractivity contribution < 1.29 is 14.2 Å². The van der Waals surface area contributed by atoms with E-state index in [1.54, 1.807) is 7.11 Å². The molecule has 1 saturated heterocycles. The van der Waals surface area contributed by atoms with Crippen LogP contribution in [0, 0.1) is 11.3 Å². The number of hydrogen-bond acceptors (Lipinski definition) is 4. The van der Waals surface area contributed by atoms with Crippen molar-refractivity contribution in [3.8, 4) is 6.07 Å². The van der Waals surface area contributed by atoms with Gasteiger partial charge >= 0.3 is 0 Å². The molecule has 12 heavy (non-hydrogen) atoms. The molecule has 1 heterocycles. The average molecular weight is 171 g/mol. The van der Waals surface area contributed by atoms with E-state index in [-0.39, 0.29) is 12.4 Å². The molecule has 0 saturated carbocycles. The first kappa shape index (κ1) is 9.46. The zero-order chi connectivity index (χ0) is 8.81. The lowest BCUT2D eigenvalue weighted by Crippen LogP contribution is -2.13. The van der Waals surface area contributed by atoms with Crippen molar-refractivity contribution in [3.63, 3.8) is 0 Å². The van der Waals surface area contributed by atoms with Crippen LogP contribution in [0.1, 0.15) is 12.8 Å². The molecular formula is C8H13NO3. The number of hydrogen-bond donors (Lipinski definition) is 0. The molecule has 2 atom stereocenters. The van der Waals surface area contributed by atoms with Gasteiger partial charge in [0.2, 0.25) is 0 Å². The second-order valence-electron chi connectivity index (χ2n) is 2.66. The van der Waals surface area contributed by atoms with Gasteiger partial charge in [0.05, 0.1) is 31.8 Å². The molecule has 2 unspecified atom stereocenters. The SMILES string of the molecule is COCCC1OCC(CC#N)O1. The maximum atomic E-state index is 8.38. The van der Waals surface area contributed by atoms with E-state index in [2.05, 4.69) is 6.07 Å². The van der Waals surface area contributed by atoms with Crippen LogP contribution in [-0.2, 0) is 14.2 Å². The summed E-state index contributed by atoms with van der Waals surface area (Å²) in [5.41, 5.74) is 0. The highest BCUT2D eigenvalue weighted by molar-refractivity contribution is 4.78. The van der Waals surface area contributed by atoms with Crippen molar-refractivity contribution in [1.29, 1.82) is 5.26 Å². The van der Waals surface area contributed by atoms with Gasteiger partial charge in [0.15, 0.2) is 6.29 Å². The molecule has 0 N–H and O–H groups in total. The lowest BCUT2D eigenvalue weighted by molar-refractivity contribution is -0.0713. The summed E-state index contributed by atoms with van der Waals surface area (Å²) >= 11 is 0. The first-order chi connectivity index (χ1) is 5.86. The summed E-state index contributed by atoms with van der Waals surface area (Å²) in [4.78, 5) is 0. The van der Waals surface area contributed by atoms with E-state index < -0.39 is 0 Å². The lowest BCUT2D eigenvalue weighted by atomic mass is 10.3. The monoisotopic (exact) mass is 171 g/mol. The molecular weight excluding hydrogens is 158 g/mol. The van der Waals surface area contributed by atoms with Crippen molar-refractivity contribution in [1.82, 2.24) is 0 Å². The standard InChI is InChI=1S/C8H13NO3/c1-10-5-3-8-11-6-7(12-8)2-4-9/h7-8H,2-3,5-6H2,1H3. The molecule has 0 bridgehead atoms. The van der Waals surface area contributed by atoms with Gasteiger partial charge in [-0.25, -0.2) is 0 Å². The number of ether oxygens (including phenoxy) is 3. The van der Waals surface area contributed by atoms with Crippen molar-refractivity contribution >= 4 is 0 Å². The zero-order valence-electron chi connectivity index (χ0n) is 7.16. The average Bonchev–Trinajstić information content (AvgIpc) is 2.50. The predicted molar refractivity (Wildman–Crippen MR) is 41.3 cm³/mol. The Labute approximate surface area is 72.0 Å². The number of rotatable bonds is 4. The minimum Gasteiger partial charge on any atom is -0.384 e. The molecule has 1 aliphatic rings. The van der Waals surface area contributed by atoms with Crippen LogP contribution in [0.3, 0.4) is 0 Å². The maximum Gasteiger partial charge on any atom is 0.160 e. The summed E-state index contributed by atoms with van der Waals surface area (Å²) in [6, 6.07) is 2.05. The highest BCUT2D eigenvalue weighted by Crippen LogP contribution is 2.16. The van der Waals surface area contributed by atoms with Crippen LogP contribution in [0.2, 0.25) is 0 Å². The number of methoxy groups -OCH3 is 1. The van der Waals surface area contributed by atoms with Gasteiger partial charge in [-0.3, -0.25) is 0 Å². The van der Waals surface area contributed by atoms with Crippen LogP contribution in [0.5, 0.6) is 0 Å². The summed E-state index contributed by atoms with van der Waals surface area (Å²) < 4.78 is 15.5. The van der Waals surface area contributed by atoms with Crippen LogP contribution >= 0.6 is 0 Å². The molecule has 0 aromatic carbocycles. The van der Waals surface area contributed by atoms with E-state index in [1.807, 2.05) is 0 Å². The van der Waals surface area contributed by atoms with Gasteiger partial charge in [0.25, 0.3) is 0 Å². The van der Waals surface area contributed by atoms with Crippen molar-refractivity contribution in [3.05, 3.63) is 0 Å². The molecule has 0 aliphatic carbocycles. The topological polar surface area (TPSA) is 51.5 Å². The van der Waals surface area contributed by atoms with Crippen LogP contribution in [0.4, 0.5) is 0 Å². The third-order valence-corrected chi connectivity index (χ3v) is 1.69. The fourth-order valence-corrected chi connectivity index (χ4v) is 1.08. The smallest absolute Gasteiger partial charge is 0.160 e. The quantitative estimate of drug-likeness (QED) is 0.624. The van der Waals surface area contributed by atoms with Gasteiger partial charge in [-0.05, 0) is 0 Å². The van der Waals surface area contributed by atoms with E-state index in [4.69, 9.17) is 19.5 Å². The second kappa shape index (κ2) is 5.09. The van der Waals surface area contributed by atoms with Crippen molar-refractivity contribution in [2.75, 3.05) is 20.3 Å². The summed E-state index contributed by atoms with van der Waals surface area (Å²) in [5.74, 6) is 0. The lowest BCUT2D eigenvalue weighted by Gasteiger charge is -2.08. The van der Waals surface area contributed by atoms with E-state index in [9.17, 15) is 0 Å². The number of nitriles is 1. The molecule has 1 rings (SSSR count). The summed E-state index contributed by atoms with van der Waals surface area (Å²) in [7, 11) is 1.64. The summed E-state index contributed by atoms with van der Waals surface area (Å²) in [5, 5.41) is 8.38. The molecule has 1 fully saturated rings. The zero-order valence-corrected chi connectivity index (χ0v) is 7.16. The Balaban J connectivity index is 2.13. The Bertz CT molecular complexity index is 166. The third-order valence-electron chi connectivity index (χ3n) is 1.69. The molecule has 0 radical (unpaired) electrons. The van der Waals surface area contributed by atoms with Gasteiger partial charge in [-0.1, -0.05) is 0 Å². The third kappa shape index (κ3) is 2.78. The minimum atomic E-state index is -0.178. The Hall–Kier alpha value is -0.630. The fourth-order valence-electron chi connectivity index (χ4n) is 1.08. The van der Waals surface area contributed by atoms with Crippen molar-refractivity contribution in [2.24, 2.45) is 0 Å². The Morgan fingerprint density at radius 3 is 3.17 bits per heavy atom. The maximum absolute atomic E-state index is 8.38. The van der Waals surface area contributed by atoms with Gasteiger partial charge in [0, 0.05) is 13.5 Å². The van der Waals surface area contributed by atoms with Gasteiger partial charge in [0.1, 0.15) is 0 Å². The Morgan fingerprint density at radius 1 is 1.67 bits per heavy atom. The summed E-state index contributed by atoms with van der Waals surface area (Å²) in [6.45, 7) is 1.16. The highest BCUT2D eigenvalue weighted by atomic mass is 16.7. The van der Waals surface area contributed by atoms with Crippen LogP contribution in [-0.4, -0.2) is 32.7 Å². The Morgan fingerprint density at radius 2 is 2.50 bits per heavy atom. The highest BCUT2D eigenvalue weighted by Gasteiger charge is 2.24. The second-order valence-corrected chi connectivity index (χ2v) is 2.66. The number of nitrogens with zero attached hydrogens (tertiary/aromatic N) is 1. The van der Waals surface area contributed by atoms with E-state index in [0.29, 0.717) is 19.6 Å². The molecule has 0 spiro atoms. The summed E-state index contributed by atoms with van der Waals surface area (Å²) in [6.07, 6.45) is 0.919. The van der Waals surface area contributed by atoms with Gasteiger partial charge in [-0.2, -0.15) is 5.26 Å². The van der Waals surface area contributed by atoms with E-state index >= 15 is 0 Å². The Kier molecular flexibility index (Phi) is 4.01. The fraction of sp³-hybridized carbons (Fsp3) is 0.875. The predicted octanol–water partition coefficient (Wildman–Crippen LogP) is 0.678. The largest absolute Gasteiger partial charge is 0.384 e. The van der Waals surface area contributed by atoms with Gasteiger partial charge < -0.3 is 14.2 Å². The van der Waals surface area contributed by atoms with Crippen LogP contribution in [0.25, 0.3) is 0 Å². The normalized spacial score (nSPS) is 28.7. The molecule has 0 aromatic rings. The van der Waals surface area contributed by atoms with Crippen molar-refractivity contribution in [2.45, 2.75) is 25.2 Å². The van der Waals surface area contributed by atoms with Crippen LogP contribution < -0.4 is 0 Å².